The lowest BCUT2D eigenvalue weighted by molar-refractivity contribution is 0.481. The minimum atomic E-state index is -0.205. The van der Waals surface area contributed by atoms with Gasteiger partial charge in [-0.1, -0.05) is 0 Å². The molecule has 2 aromatic carbocycles. The highest BCUT2D eigenvalue weighted by molar-refractivity contribution is 6.15. The molecule has 0 aromatic heterocycles. The lowest BCUT2D eigenvalue weighted by atomic mass is 10.0. The molecule has 0 amide bonds. The molecule has 146 valence electrons. The first-order chi connectivity index (χ1) is 13.1. The molecule has 0 unspecified atom stereocenters. The van der Waals surface area contributed by atoms with Gasteiger partial charge in [0.05, 0.1) is 0 Å². The van der Waals surface area contributed by atoms with Crippen LogP contribution in [0.15, 0.2) is 6.07 Å². The van der Waals surface area contributed by atoms with Crippen molar-refractivity contribution in [2.24, 2.45) is 0 Å². The molecular formula is C13H3Cl7O7. The van der Waals surface area contributed by atoms with Gasteiger partial charge in [-0.25, -0.2) is 0 Å². The molecule has 0 heterocycles. The zero-order valence-corrected chi connectivity index (χ0v) is 17.6. The molecule has 27 heavy (non-hydrogen) atoms. The highest BCUT2D eigenvalue weighted by atomic mass is 35.5. The normalized spacial score (nSPS) is 11.4. The van der Waals surface area contributed by atoms with E-state index in [0.717, 1.165) is 0 Å². The molecule has 1 aliphatic carbocycles. The van der Waals surface area contributed by atoms with Crippen molar-refractivity contribution in [1.29, 1.82) is 0 Å². The van der Waals surface area contributed by atoms with Crippen molar-refractivity contribution in [3.8, 4) is 51.4 Å². The molecule has 0 saturated heterocycles. The fraction of sp³-hybridized carbons (Fsp3) is 0.0769. The van der Waals surface area contributed by atoms with E-state index in [0.29, 0.717) is 22.3 Å². The van der Waals surface area contributed by atoms with Gasteiger partial charge in [0.2, 0.25) is 23.0 Å². The highest BCUT2D eigenvalue weighted by Gasteiger charge is 2.38. The molecule has 0 aliphatic heterocycles. The van der Waals surface area contributed by atoms with Crippen molar-refractivity contribution < 1.29 is 30.0 Å². The van der Waals surface area contributed by atoms with E-state index < -0.39 is 0 Å². The van der Waals surface area contributed by atoms with Gasteiger partial charge in [-0.3, -0.25) is 0 Å². The Morgan fingerprint density at radius 3 is 1.48 bits per heavy atom. The first-order valence-corrected chi connectivity index (χ1v) is 8.70. The Morgan fingerprint density at radius 1 is 0.519 bits per heavy atom. The molecular weight excluding hydrogens is 516 g/mol. The third-order valence-corrected chi connectivity index (χ3v) is 4.99. The first kappa shape index (κ1) is 20.8. The van der Waals surface area contributed by atoms with Crippen molar-refractivity contribution in [2.75, 3.05) is 0 Å². The standard InChI is InChI=1S/C13H3Cl7O7/c14-21-6-2-3-4(8(22-15)10(6)24-17)1-5-7(3)11(25-18)13(27-20)12(26-19)9(5)23-16/h2H,1H2. The van der Waals surface area contributed by atoms with Crippen LogP contribution in [0, 0.1) is 0 Å². The summed E-state index contributed by atoms with van der Waals surface area (Å²) in [5.74, 6) is -0.546. The van der Waals surface area contributed by atoms with E-state index in [-0.39, 0.29) is 46.7 Å². The maximum absolute atomic E-state index is 5.62. The van der Waals surface area contributed by atoms with Gasteiger partial charge in [0.1, 0.15) is 83.1 Å². The number of hydrogen-bond acceptors (Lipinski definition) is 7. The zero-order chi connectivity index (χ0) is 19.7. The first-order valence-electron chi connectivity index (χ1n) is 6.54. The maximum Gasteiger partial charge on any atom is 0.239 e. The molecule has 0 spiro atoms. The summed E-state index contributed by atoms with van der Waals surface area (Å²) in [5.41, 5.74) is 1.68. The van der Waals surface area contributed by atoms with Gasteiger partial charge in [0, 0.05) is 23.1 Å². The summed E-state index contributed by atoms with van der Waals surface area (Å²) in [4.78, 5) is 0. The van der Waals surface area contributed by atoms with Crippen LogP contribution in [0.1, 0.15) is 11.1 Å². The van der Waals surface area contributed by atoms with E-state index in [4.69, 9.17) is 113 Å². The Hall–Kier alpha value is -0.930. The molecule has 0 N–H and O–H groups in total. The summed E-state index contributed by atoms with van der Waals surface area (Å²) >= 11 is 38.8. The predicted octanol–water partition coefficient (Wildman–Crippen LogP) is 6.99. The SMILES string of the molecule is ClOc1cc2c(c(OCl)c1OCl)Cc1c(OCl)c(OCl)c(OCl)c(OCl)c1-2. The Balaban J connectivity index is 2.44. The van der Waals surface area contributed by atoms with Crippen molar-refractivity contribution in [3.05, 3.63) is 17.2 Å². The number of rotatable bonds is 7. The minimum Gasteiger partial charge on any atom is -0.381 e. The zero-order valence-electron chi connectivity index (χ0n) is 12.3. The number of benzene rings is 2. The molecule has 7 nitrogen and oxygen atoms in total. The second-order valence-corrected chi connectivity index (χ2v) is 6.03. The molecule has 0 fully saturated rings. The molecule has 2 aromatic rings. The molecule has 3 rings (SSSR count). The van der Waals surface area contributed by atoms with Crippen LogP contribution in [0.3, 0.4) is 0 Å². The summed E-state index contributed by atoms with van der Waals surface area (Å²) < 4.78 is 33.6. The Bertz CT molecular complexity index is 893. The lowest BCUT2D eigenvalue weighted by Crippen LogP contribution is -1.96. The molecule has 1 aliphatic rings. The Morgan fingerprint density at radius 2 is 1.00 bits per heavy atom. The largest absolute Gasteiger partial charge is 0.381 e. The van der Waals surface area contributed by atoms with E-state index >= 15 is 0 Å². The van der Waals surface area contributed by atoms with Crippen LogP contribution in [-0.2, 0) is 6.42 Å². The van der Waals surface area contributed by atoms with Gasteiger partial charge in [-0.2, -0.15) is 0 Å². The van der Waals surface area contributed by atoms with Gasteiger partial charge in [0.25, 0.3) is 0 Å². The molecule has 0 saturated carbocycles. The van der Waals surface area contributed by atoms with Crippen LogP contribution in [0.5, 0.6) is 40.2 Å². The minimum absolute atomic E-state index is 0.0127. The third-order valence-electron chi connectivity index (χ3n) is 3.90. The van der Waals surface area contributed by atoms with Gasteiger partial charge < -0.3 is 30.0 Å². The van der Waals surface area contributed by atoms with Crippen LogP contribution in [0.25, 0.3) is 11.1 Å². The third kappa shape index (κ3) is 3.15. The number of fused-ring (bicyclic) bond motifs is 3. The second-order valence-electron chi connectivity index (χ2n) is 4.95. The molecule has 0 radical (unpaired) electrons. The fourth-order valence-electron chi connectivity index (χ4n) is 2.90. The lowest BCUT2D eigenvalue weighted by Gasteiger charge is -2.15. The average Bonchev–Trinajstić information content (AvgIpc) is 3.08. The van der Waals surface area contributed by atoms with E-state index in [1.54, 1.807) is 0 Å². The van der Waals surface area contributed by atoms with Gasteiger partial charge in [0.15, 0.2) is 17.2 Å². The van der Waals surface area contributed by atoms with Crippen molar-refractivity contribution in [2.45, 2.75) is 6.42 Å². The Labute approximate surface area is 187 Å². The fourth-order valence-corrected chi connectivity index (χ4v) is 3.91. The van der Waals surface area contributed by atoms with Crippen molar-refractivity contribution in [1.82, 2.24) is 0 Å². The van der Waals surface area contributed by atoms with Crippen molar-refractivity contribution >= 4 is 83.1 Å². The second kappa shape index (κ2) is 8.61. The quantitative estimate of drug-likeness (QED) is 0.334. The van der Waals surface area contributed by atoms with Gasteiger partial charge in [-0.05, 0) is 11.6 Å². The summed E-state index contributed by atoms with van der Waals surface area (Å²) in [6.45, 7) is 0. The number of hydrogen-bond donors (Lipinski definition) is 0. The Kier molecular flexibility index (Phi) is 6.63. The summed E-state index contributed by atoms with van der Waals surface area (Å²) in [7, 11) is 0. The van der Waals surface area contributed by atoms with Crippen LogP contribution in [0.2, 0.25) is 0 Å². The van der Waals surface area contributed by atoms with E-state index in [1.165, 1.54) is 6.07 Å². The smallest absolute Gasteiger partial charge is 0.239 e. The van der Waals surface area contributed by atoms with Crippen LogP contribution >= 0.6 is 83.1 Å². The maximum atomic E-state index is 5.62. The topological polar surface area (TPSA) is 64.6 Å². The van der Waals surface area contributed by atoms with E-state index in [9.17, 15) is 0 Å². The number of halogens is 7. The summed E-state index contributed by atoms with van der Waals surface area (Å²) in [5, 5.41) is 0. The molecule has 0 atom stereocenters. The van der Waals surface area contributed by atoms with Gasteiger partial charge in [-0.15, -0.1) is 0 Å². The molecule has 14 heteroatoms. The predicted molar refractivity (Wildman–Crippen MR) is 100 cm³/mol. The van der Waals surface area contributed by atoms with E-state index in [2.05, 4.69) is 0 Å². The monoisotopic (exact) mass is 516 g/mol. The average molecular weight is 519 g/mol. The molecule has 0 bridgehead atoms. The summed E-state index contributed by atoms with van der Waals surface area (Å²) in [6, 6.07) is 1.46. The van der Waals surface area contributed by atoms with Crippen LogP contribution < -0.4 is 30.0 Å². The van der Waals surface area contributed by atoms with Gasteiger partial charge >= 0.3 is 0 Å². The van der Waals surface area contributed by atoms with Crippen molar-refractivity contribution in [3.63, 3.8) is 0 Å². The van der Waals surface area contributed by atoms with Crippen LogP contribution in [-0.4, -0.2) is 0 Å². The van der Waals surface area contributed by atoms with Crippen LogP contribution in [0.4, 0.5) is 0 Å². The van der Waals surface area contributed by atoms with E-state index in [1.807, 2.05) is 0 Å². The summed E-state index contributed by atoms with van der Waals surface area (Å²) in [6.07, 6.45) is 0.133. The highest BCUT2D eigenvalue weighted by Crippen LogP contribution is 2.61.